The summed E-state index contributed by atoms with van der Waals surface area (Å²) in [5.74, 6) is 1.91. The van der Waals surface area contributed by atoms with Crippen LogP contribution in [-0.2, 0) is 0 Å². The second kappa shape index (κ2) is 6.36. The lowest BCUT2D eigenvalue weighted by molar-refractivity contribution is 0.481. The van der Waals surface area contributed by atoms with Gasteiger partial charge in [-0.2, -0.15) is 0 Å². The number of hydrogen-bond acceptors (Lipinski definition) is 6. The molecule has 4 rings (SSSR count). The van der Waals surface area contributed by atoms with E-state index < -0.39 is 0 Å². The van der Waals surface area contributed by atoms with Gasteiger partial charge in [-0.05, 0) is 42.8 Å². The molecule has 0 amide bonds. The Bertz CT molecular complexity index is 829. The molecular weight excluding hydrogens is 318 g/mol. The average Bonchev–Trinajstić information content (AvgIpc) is 3.10. The van der Waals surface area contributed by atoms with Crippen molar-refractivity contribution < 1.29 is 0 Å². The van der Waals surface area contributed by atoms with Crippen molar-refractivity contribution in [1.82, 2.24) is 15.0 Å². The van der Waals surface area contributed by atoms with E-state index in [1.54, 1.807) is 11.3 Å². The third-order valence-corrected chi connectivity index (χ3v) is 5.57. The number of anilines is 2. The Balaban J connectivity index is 1.57. The molecule has 3 aromatic rings. The van der Waals surface area contributed by atoms with Crippen molar-refractivity contribution in [2.24, 2.45) is 0 Å². The van der Waals surface area contributed by atoms with Gasteiger partial charge in [-0.1, -0.05) is 0 Å². The van der Waals surface area contributed by atoms with Gasteiger partial charge in [-0.15, -0.1) is 11.3 Å². The summed E-state index contributed by atoms with van der Waals surface area (Å²) in [6.07, 6.45) is 8.00. The number of likely N-dealkylation sites (N-methyl/N-ethyl adjacent to an activating group) is 1. The fourth-order valence-corrected chi connectivity index (χ4v) is 4.10. The van der Waals surface area contributed by atoms with E-state index in [1.165, 1.54) is 10.1 Å². The Kier molecular flexibility index (Phi) is 4.06. The molecule has 0 bridgehead atoms. The molecule has 1 fully saturated rings. The SMILES string of the molecule is Cc1cnc(N(C)C2CCCN(c3nccc4sccc34)C2)nc1. The lowest BCUT2D eigenvalue weighted by Gasteiger charge is -2.38. The maximum Gasteiger partial charge on any atom is 0.225 e. The van der Waals surface area contributed by atoms with Gasteiger partial charge < -0.3 is 9.80 Å². The first-order chi connectivity index (χ1) is 11.7. The Morgan fingerprint density at radius 2 is 2.04 bits per heavy atom. The number of rotatable bonds is 3. The van der Waals surface area contributed by atoms with Gasteiger partial charge in [0.05, 0.1) is 0 Å². The van der Waals surface area contributed by atoms with Crippen molar-refractivity contribution in [1.29, 1.82) is 0 Å². The van der Waals surface area contributed by atoms with Gasteiger partial charge in [0.15, 0.2) is 0 Å². The number of piperidine rings is 1. The minimum absolute atomic E-state index is 0.400. The summed E-state index contributed by atoms with van der Waals surface area (Å²) in [4.78, 5) is 18.2. The van der Waals surface area contributed by atoms with Gasteiger partial charge in [0.2, 0.25) is 5.95 Å². The van der Waals surface area contributed by atoms with Gasteiger partial charge in [-0.25, -0.2) is 15.0 Å². The van der Waals surface area contributed by atoms with Crippen molar-refractivity contribution in [3.63, 3.8) is 0 Å². The van der Waals surface area contributed by atoms with Gasteiger partial charge >= 0.3 is 0 Å². The topological polar surface area (TPSA) is 45.2 Å². The summed E-state index contributed by atoms with van der Waals surface area (Å²) in [6, 6.07) is 4.67. The summed E-state index contributed by atoms with van der Waals surface area (Å²) in [5, 5.41) is 3.40. The molecule has 0 saturated carbocycles. The molecule has 0 N–H and O–H groups in total. The van der Waals surface area contributed by atoms with Gasteiger partial charge in [0, 0.05) is 54.9 Å². The van der Waals surface area contributed by atoms with E-state index >= 15 is 0 Å². The van der Waals surface area contributed by atoms with Crippen LogP contribution >= 0.6 is 11.3 Å². The number of pyridine rings is 1. The van der Waals surface area contributed by atoms with Gasteiger partial charge in [0.25, 0.3) is 0 Å². The normalized spacial score (nSPS) is 18.1. The maximum absolute atomic E-state index is 4.66. The molecule has 0 aromatic carbocycles. The highest BCUT2D eigenvalue weighted by Crippen LogP contribution is 2.31. The molecule has 124 valence electrons. The fraction of sp³-hybridized carbons (Fsp3) is 0.389. The zero-order valence-corrected chi connectivity index (χ0v) is 14.8. The molecule has 4 heterocycles. The Hall–Kier alpha value is -2.21. The highest BCUT2D eigenvalue weighted by atomic mass is 32.1. The second-order valence-corrected chi connectivity index (χ2v) is 7.33. The summed E-state index contributed by atoms with van der Waals surface area (Å²) in [5.41, 5.74) is 1.09. The van der Waals surface area contributed by atoms with Crippen LogP contribution in [0.5, 0.6) is 0 Å². The van der Waals surface area contributed by atoms with E-state index in [0.29, 0.717) is 6.04 Å². The van der Waals surface area contributed by atoms with E-state index in [0.717, 1.165) is 43.3 Å². The van der Waals surface area contributed by atoms with Gasteiger partial charge in [-0.3, -0.25) is 0 Å². The Labute approximate surface area is 146 Å². The molecule has 5 nitrogen and oxygen atoms in total. The van der Waals surface area contributed by atoms with Crippen LogP contribution in [0.4, 0.5) is 11.8 Å². The number of aromatic nitrogens is 3. The Morgan fingerprint density at radius 1 is 1.21 bits per heavy atom. The largest absolute Gasteiger partial charge is 0.354 e. The van der Waals surface area contributed by atoms with Crippen molar-refractivity contribution in [3.05, 3.63) is 41.7 Å². The lowest BCUT2D eigenvalue weighted by atomic mass is 10.0. The third-order valence-electron chi connectivity index (χ3n) is 4.69. The van der Waals surface area contributed by atoms with Crippen molar-refractivity contribution in [3.8, 4) is 0 Å². The maximum atomic E-state index is 4.66. The van der Waals surface area contributed by atoms with E-state index in [-0.39, 0.29) is 0 Å². The molecule has 3 aromatic heterocycles. The third kappa shape index (κ3) is 2.82. The molecule has 6 heteroatoms. The summed E-state index contributed by atoms with van der Waals surface area (Å²) >= 11 is 1.77. The van der Waals surface area contributed by atoms with Gasteiger partial charge in [0.1, 0.15) is 5.82 Å². The molecule has 1 saturated heterocycles. The number of fused-ring (bicyclic) bond motifs is 1. The Morgan fingerprint density at radius 3 is 2.88 bits per heavy atom. The zero-order chi connectivity index (χ0) is 16.5. The van der Waals surface area contributed by atoms with Crippen LogP contribution < -0.4 is 9.80 Å². The molecule has 0 aliphatic carbocycles. The van der Waals surface area contributed by atoms with Crippen LogP contribution in [0.2, 0.25) is 0 Å². The zero-order valence-electron chi connectivity index (χ0n) is 14.0. The van der Waals surface area contributed by atoms with E-state index in [4.69, 9.17) is 0 Å². The average molecular weight is 339 g/mol. The highest BCUT2D eigenvalue weighted by molar-refractivity contribution is 7.17. The van der Waals surface area contributed by atoms with E-state index in [1.807, 2.05) is 25.5 Å². The fourth-order valence-electron chi connectivity index (χ4n) is 3.33. The highest BCUT2D eigenvalue weighted by Gasteiger charge is 2.26. The first kappa shape index (κ1) is 15.3. The van der Waals surface area contributed by atoms with Crippen LogP contribution in [0.25, 0.3) is 10.1 Å². The summed E-state index contributed by atoms with van der Waals surface area (Å²) in [7, 11) is 2.09. The van der Waals surface area contributed by atoms with Crippen molar-refractivity contribution in [2.75, 3.05) is 29.9 Å². The van der Waals surface area contributed by atoms with Crippen LogP contribution in [-0.4, -0.2) is 41.1 Å². The molecule has 24 heavy (non-hydrogen) atoms. The van der Waals surface area contributed by atoms with Crippen LogP contribution in [0.3, 0.4) is 0 Å². The monoisotopic (exact) mass is 339 g/mol. The lowest BCUT2D eigenvalue weighted by Crippen LogP contribution is -2.47. The molecule has 0 spiro atoms. The summed E-state index contributed by atoms with van der Waals surface area (Å²) < 4.78 is 1.30. The number of aryl methyl sites for hydroxylation is 1. The number of hydrogen-bond donors (Lipinski definition) is 0. The molecule has 1 unspecified atom stereocenters. The predicted octanol–water partition coefficient (Wildman–Crippen LogP) is 3.50. The van der Waals surface area contributed by atoms with Crippen LogP contribution in [0.15, 0.2) is 36.1 Å². The van der Waals surface area contributed by atoms with Crippen molar-refractivity contribution in [2.45, 2.75) is 25.8 Å². The van der Waals surface area contributed by atoms with Crippen LogP contribution in [0.1, 0.15) is 18.4 Å². The molecule has 1 aliphatic rings. The standard InChI is InChI=1S/C18H21N5S/c1-13-10-20-18(21-11-13)22(2)14-4-3-8-23(12-14)17-15-6-9-24-16(15)5-7-19-17/h5-7,9-11,14H,3-4,8,12H2,1-2H3. The number of nitrogens with zero attached hydrogens (tertiary/aromatic N) is 5. The molecule has 1 aliphatic heterocycles. The predicted molar refractivity (Wildman–Crippen MR) is 100 cm³/mol. The summed E-state index contributed by atoms with van der Waals surface area (Å²) in [6.45, 7) is 4.02. The van der Waals surface area contributed by atoms with Crippen LogP contribution in [0, 0.1) is 6.92 Å². The molecular formula is C18H21N5S. The quantitative estimate of drug-likeness (QED) is 0.731. The number of thiophene rings is 1. The van der Waals surface area contributed by atoms with E-state index in [9.17, 15) is 0 Å². The minimum Gasteiger partial charge on any atom is -0.354 e. The first-order valence-electron chi connectivity index (χ1n) is 8.31. The molecule has 1 atom stereocenters. The first-order valence-corrected chi connectivity index (χ1v) is 9.19. The molecule has 0 radical (unpaired) electrons. The van der Waals surface area contributed by atoms with E-state index in [2.05, 4.69) is 49.3 Å². The smallest absolute Gasteiger partial charge is 0.225 e. The second-order valence-electron chi connectivity index (χ2n) is 6.38. The minimum atomic E-state index is 0.400. The van der Waals surface area contributed by atoms with Crippen molar-refractivity contribution >= 4 is 33.2 Å².